The maximum absolute atomic E-state index is 11.9. The fraction of sp³-hybridized carbons (Fsp3) is 0.0625. The molecule has 0 aliphatic carbocycles. The van der Waals surface area contributed by atoms with Gasteiger partial charge in [0.25, 0.3) is 5.91 Å². The minimum absolute atomic E-state index is 0.214. The van der Waals surface area contributed by atoms with Gasteiger partial charge in [0.15, 0.2) is 5.76 Å². The van der Waals surface area contributed by atoms with Crippen molar-refractivity contribution in [3.8, 4) is 11.3 Å². The van der Waals surface area contributed by atoms with E-state index in [0.29, 0.717) is 32.6 Å². The van der Waals surface area contributed by atoms with Gasteiger partial charge in [0.05, 0.1) is 17.1 Å². The second-order valence-corrected chi connectivity index (χ2v) is 5.57. The van der Waals surface area contributed by atoms with Gasteiger partial charge in [0, 0.05) is 29.0 Å². The van der Waals surface area contributed by atoms with Crippen LogP contribution in [0.1, 0.15) is 16.1 Å². The van der Waals surface area contributed by atoms with Crippen molar-refractivity contribution in [2.75, 3.05) is 0 Å². The predicted octanol–water partition coefficient (Wildman–Crippen LogP) is 3.97. The minimum Gasteiger partial charge on any atom is -0.359 e. The molecule has 1 amide bonds. The molecule has 0 atom stereocenters. The fourth-order valence-corrected chi connectivity index (χ4v) is 2.49. The zero-order valence-electron chi connectivity index (χ0n) is 11.8. The molecule has 2 aromatic heterocycles. The van der Waals surface area contributed by atoms with Crippen molar-refractivity contribution in [3.63, 3.8) is 0 Å². The SMILES string of the molecule is O=C(NCc1cc(-c2ccc(Cl)cc2Cl)no1)c1cccnc1. The van der Waals surface area contributed by atoms with Gasteiger partial charge in [-0.2, -0.15) is 0 Å². The number of benzene rings is 1. The molecule has 0 radical (unpaired) electrons. The highest BCUT2D eigenvalue weighted by molar-refractivity contribution is 6.36. The van der Waals surface area contributed by atoms with Gasteiger partial charge < -0.3 is 9.84 Å². The van der Waals surface area contributed by atoms with Crippen LogP contribution in [-0.4, -0.2) is 16.0 Å². The second kappa shape index (κ2) is 6.81. The summed E-state index contributed by atoms with van der Waals surface area (Å²) in [4.78, 5) is 15.8. The first-order chi connectivity index (χ1) is 11.1. The van der Waals surface area contributed by atoms with Crippen LogP contribution in [0.2, 0.25) is 10.0 Å². The van der Waals surface area contributed by atoms with E-state index in [4.69, 9.17) is 27.7 Å². The van der Waals surface area contributed by atoms with Gasteiger partial charge in [-0.15, -0.1) is 0 Å². The molecule has 116 valence electrons. The van der Waals surface area contributed by atoms with Gasteiger partial charge in [-0.25, -0.2) is 0 Å². The van der Waals surface area contributed by atoms with E-state index < -0.39 is 0 Å². The van der Waals surface area contributed by atoms with E-state index in [1.807, 2.05) is 0 Å². The maximum atomic E-state index is 11.9. The van der Waals surface area contributed by atoms with Crippen LogP contribution in [0.5, 0.6) is 0 Å². The Morgan fingerprint density at radius 3 is 2.83 bits per heavy atom. The lowest BCUT2D eigenvalue weighted by Crippen LogP contribution is -2.22. The highest BCUT2D eigenvalue weighted by atomic mass is 35.5. The zero-order valence-corrected chi connectivity index (χ0v) is 13.3. The van der Waals surface area contributed by atoms with E-state index in [1.165, 1.54) is 6.20 Å². The average Bonchev–Trinajstić information content (AvgIpc) is 3.02. The molecule has 0 saturated carbocycles. The zero-order chi connectivity index (χ0) is 16.2. The van der Waals surface area contributed by atoms with E-state index in [2.05, 4.69) is 15.5 Å². The number of carbonyl (C=O) groups is 1. The van der Waals surface area contributed by atoms with Crippen molar-refractivity contribution in [3.05, 3.63) is 70.2 Å². The average molecular weight is 348 g/mol. The third-order valence-corrected chi connectivity index (χ3v) is 3.66. The van der Waals surface area contributed by atoms with Crippen LogP contribution < -0.4 is 5.32 Å². The molecule has 3 rings (SSSR count). The standard InChI is InChI=1S/C16H11Cl2N3O2/c17-11-3-4-13(14(18)6-11)15-7-12(23-21-15)9-20-16(22)10-2-1-5-19-8-10/h1-8H,9H2,(H,20,22). The van der Waals surface area contributed by atoms with E-state index in [-0.39, 0.29) is 12.5 Å². The van der Waals surface area contributed by atoms with Gasteiger partial charge >= 0.3 is 0 Å². The van der Waals surface area contributed by atoms with Crippen LogP contribution in [0, 0.1) is 0 Å². The molecular formula is C16H11Cl2N3O2. The van der Waals surface area contributed by atoms with Crippen molar-refractivity contribution >= 4 is 29.1 Å². The van der Waals surface area contributed by atoms with Gasteiger partial charge in [0.1, 0.15) is 5.69 Å². The topological polar surface area (TPSA) is 68.0 Å². The monoisotopic (exact) mass is 347 g/mol. The Labute approximate surface area is 142 Å². The van der Waals surface area contributed by atoms with Crippen LogP contribution in [0.15, 0.2) is 53.3 Å². The molecule has 3 aromatic rings. The third kappa shape index (κ3) is 3.70. The number of aromatic nitrogens is 2. The first kappa shape index (κ1) is 15.5. The number of carbonyl (C=O) groups excluding carboxylic acids is 1. The molecule has 1 aromatic carbocycles. The van der Waals surface area contributed by atoms with Gasteiger partial charge in [-0.05, 0) is 30.3 Å². The van der Waals surface area contributed by atoms with E-state index in [1.54, 1.807) is 42.6 Å². The summed E-state index contributed by atoms with van der Waals surface area (Å²) in [5.41, 5.74) is 1.77. The molecule has 2 heterocycles. The van der Waals surface area contributed by atoms with Crippen molar-refractivity contribution in [1.82, 2.24) is 15.5 Å². The number of hydrogen-bond donors (Lipinski definition) is 1. The number of nitrogens with zero attached hydrogens (tertiary/aromatic N) is 2. The lowest BCUT2D eigenvalue weighted by atomic mass is 10.1. The summed E-state index contributed by atoms with van der Waals surface area (Å²) in [5.74, 6) is 0.281. The molecular weight excluding hydrogens is 337 g/mol. The first-order valence-electron chi connectivity index (χ1n) is 6.73. The molecule has 0 spiro atoms. The van der Waals surface area contributed by atoms with E-state index in [0.717, 1.165) is 0 Å². The van der Waals surface area contributed by atoms with Crippen LogP contribution in [0.3, 0.4) is 0 Å². The Morgan fingerprint density at radius 1 is 1.22 bits per heavy atom. The molecule has 23 heavy (non-hydrogen) atoms. The number of pyridine rings is 1. The lowest BCUT2D eigenvalue weighted by Gasteiger charge is -2.01. The molecule has 0 bridgehead atoms. The Hall–Kier alpha value is -2.37. The minimum atomic E-state index is -0.236. The van der Waals surface area contributed by atoms with Crippen LogP contribution in [-0.2, 0) is 6.54 Å². The number of halogens is 2. The number of rotatable bonds is 4. The van der Waals surface area contributed by atoms with Crippen molar-refractivity contribution in [2.24, 2.45) is 0 Å². The number of amides is 1. The Bertz CT molecular complexity index is 834. The third-order valence-electron chi connectivity index (χ3n) is 3.11. The summed E-state index contributed by atoms with van der Waals surface area (Å²) >= 11 is 12.0. The molecule has 0 fully saturated rings. The van der Waals surface area contributed by atoms with Crippen LogP contribution in [0.4, 0.5) is 0 Å². The lowest BCUT2D eigenvalue weighted by molar-refractivity contribution is 0.0946. The summed E-state index contributed by atoms with van der Waals surface area (Å²) < 4.78 is 5.22. The molecule has 5 nitrogen and oxygen atoms in total. The summed E-state index contributed by atoms with van der Waals surface area (Å²) in [6.45, 7) is 0.214. The predicted molar refractivity (Wildman–Crippen MR) is 87.4 cm³/mol. The number of hydrogen-bond acceptors (Lipinski definition) is 4. The van der Waals surface area contributed by atoms with Gasteiger partial charge in [0.2, 0.25) is 0 Å². The quantitative estimate of drug-likeness (QED) is 0.775. The summed E-state index contributed by atoms with van der Waals surface area (Å²) in [6, 6.07) is 10.2. The van der Waals surface area contributed by atoms with Gasteiger partial charge in [-0.3, -0.25) is 9.78 Å². The maximum Gasteiger partial charge on any atom is 0.253 e. The van der Waals surface area contributed by atoms with Crippen LogP contribution in [0.25, 0.3) is 11.3 Å². The highest BCUT2D eigenvalue weighted by Crippen LogP contribution is 2.29. The number of nitrogens with one attached hydrogen (secondary N) is 1. The van der Waals surface area contributed by atoms with Crippen molar-refractivity contribution in [2.45, 2.75) is 6.54 Å². The second-order valence-electron chi connectivity index (χ2n) is 4.73. The van der Waals surface area contributed by atoms with E-state index >= 15 is 0 Å². The molecule has 7 heteroatoms. The Balaban J connectivity index is 1.69. The summed E-state index contributed by atoms with van der Waals surface area (Å²) in [7, 11) is 0. The molecule has 0 unspecified atom stereocenters. The van der Waals surface area contributed by atoms with Crippen molar-refractivity contribution < 1.29 is 9.32 Å². The summed E-state index contributed by atoms with van der Waals surface area (Å²) in [6.07, 6.45) is 3.10. The molecule has 0 aliphatic heterocycles. The first-order valence-corrected chi connectivity index (χ1v) is 7.48. The molecule has 1 N–H and O–H groups in total. The normalized spacial score (nSPS) is 10.5. The van der Waals surface area contributed by atoms with E-state index in [9.17, 15) is 4.79 Å². The highest BCUT2D eigenvalue weighted by Gasteiger charge is 2.12. The van der Waals surface area contributed by atoms with Crippen LogP contribution >= 0.6 is 23.2 Å². The van der Waals surface area contributed by atoms with Gasteiger partial charge in [-0.1, -0.05) is 28.4 Å². The largest absolute Gasteiger partial charge is 0.359 e. The van der Waals surface area contributed by atoms with Crippen molar-refractivity contribution in [1.29, 1.82) is 0 Å². The molecule has 0 saturated heterocycles. The Kier molecular flexibility index (Phi) is 4.60. The molecule has 0 aliphatic rings. The Morgan fingerprint density at radius 2 is 2.09 bits per heavy atom. The fourth-order valence-electron chi connectivity index (χ4n) is 1.99. The smallest absolute Gasteiger partial charge is 0.253 e. The summed E-state index contributed by atoms with van der Waals surface area (Å²) in [5, 5.41) is 7.73.